The second-order valence-electron chi connectivity index (χ2n) is 5.02. The van der Waals surface area contributed by atoms with Crippen LogP contribution in [0, 0.1) is 0 Å². The summed E-state index contributed by atoms with van der Waals surface area (Å²) in [5.41, 5.74) is 0.692. The van der Waals surface area contributed by atoms with Gasteiger partial charge in [-0.15, -0.1) is 11.3 Å². The zero-order chi connectivity index (χ0) is 17.6. The van der Waals surface area contributed by atoms with E-state index in [-0.39, 0.29) is 5.91 Å². The van der Waals surface area contributed by atoms with Crippen molar-refractivity contribution in [2.75, 3.05) is 12.4 Å². The van der Waals surface area contributed by atoms with Gasteiger partial charge in [0.2, 0.25) is 0 Å². The highest BCUT2D eigenvalue weighted by atomic mass is 32.1. The van der Waals surface area contributed by atoms with E-state index in [1.54, 1.807) is 35.7 Å². The first kappa shape index (κ1) is 16.7. The summed E-state index contributed by atoms with van der Waals surface area (Å²) in [6.45, 7) is 0. The average Bonchev–Trinajstić information content (AvgIpc) is 3.10. The maximum atomic E-state index is 12.6. The molecular formula is C19H15NO4S. The van der Waals surface area contributed by atoms with E-state index >= 15 is 0 Å². The minimum absolute atomic E-state index is 0.322. The minimum atomic E-state index is -0.495. The Morgan fingerprint density at radius 1 is 0.920 bits per heavy atom. The van der Waals surface area contributed by atoms with Gasteiger partial charge in [-0.1, -0.05) is 30.3 Å². The molecule has 1 amide bonds. The van der Waals surface area contributed by atoms with Gasteiger partial charge in [0.05, 0.1) is 18.2 Å². The van der Waals surface area contributed by atoms with Crippen LogP contribution in [0.15, 0.2) is 66.0 Å². The van der Waals surface area contributed by atoms with Crippen molar-refractivity contribution >= 4 is 28.2 Å². The molecule has 0 aliphatic carbocycles. The molecule has 0 fully saturated rings. The number of para-hydroxylation sites is 2. The first-order chi connectivity index (χ1) is 12.2. The van der Waals surface area contributed by atoms with Crippen LogP contribution in [-0.4, -0.2) is 19.0 Å². The Kier molecular flexibility index (Phi) is 5.11. The van der Waals surface area contributed by atoms with Crippen LogP contribution in [0.2, 0.25) is 0 Å². The summed E-state index contributed by atoms with van der Waals surface area (Å²) < 4.78 is 10.5. The fourth-order valence-electron chi connectivity index (χ4n) is 2.21. The Bertz CT molecular complexity index is 889. The lowest BCUT2D eigenvalue weighted by atomic mass is 10.2. The van der Waals surface area contributed by atoms with Crippen molar-refractivity contribution in [3.63, 3.8) is 0 Å². The topological polar surface area (TPSA) is 64.6 Å². The largest absolute Gasteiger partial charge is 0.465 e. The molecule has 0 bridgehead atoms. The van der Waals surface area contributed by atoms with Crippen LogP contribution in [-0.2, 0) is 4.74 Å². The van der Waals surface area contributed by atoms with E-state index < -0.39 is 5.97 Å². The number of carbonyl (C=O) groups is 2. The highest BCUT2D eigenvalue weighted by molar-refractivity contribution is 7.14. The van der Waals surface area contributed by atoms with E-state index in [0.29, 0.717) is 27.6 Å². The van der Waals surface area contributed by atoms with Gasteiger partial charge in [0.1, 0.15) is 16.5 Å². The van der Waals surface area contributed by atoms with Gasteiger partial charge in [-0.2, -0.15) is 0 Å². The molecule has 5 nitrogen and oxygen atoms in total. The van der Waals surface area contributed by atoms with Crippen molar-refractivity contribution in [3.8, 4) is 11.5 Å². The van der Waals surface area contributed by atoms with Gasteiger partial charge < -0.3 is 14.8 Å². The molecule has 1 heterocycles. The quantitative estimate of drug-likeness (QED) is 0.682. The average molecular weight is 353 g/mol. The van der Waals surface area contributed by atoms with E-state index in [9.17, 15) is 9.59 Å². The van der Waals surface area contributed by atoms with Crippen molar-refractivity contribution in [2.24, 2.45) is 0 Å². The molecule has 3 aromatic rings. The molecule has 0 atom stereocenters. The summed E-state index contributed by atoms with van der Waals surface area (Å²) in [5, 5.41) is 4.90. The number of benzene rings is 2. The maximum absolute atomic E-state index is 12.6. The number of rotatable bonds is 5. The fraction of sp³-hybridized carbons (Fsp3) is 0.0526. The Morgan fingerprint density at radius 3 is 2.40 bits per heavy atom. The standard InChI is InChI=1S/C19H15NO4S/c1-23-19(22)15-11-12-25-18(15)20-17(21)14-9-5-6-10-16(14)24-13-7-3-2-4-8-13/h2-12H,1H3,(H,20,21). The third-order valence-electron chi connectivity index (χ3n) is 3.40. The molecular weight excluding hydrogens is 338 g/mol. The second-order valence-corrected chi connectivity index (χ2v) is 5.94. The predicted molar refractivity (Wildman–Crippen MR) is 96.6 cm³/mol. The van der Waals surface area contributed by atoms with Gasteiger partial charge in [-0.25, -0.2) is 4.79 Å². The summed E-state index contributed by atoms with van der Waals surface area (Å²) in [5.74, 6) is 0.209. The van der Waals surface area contributed by atoms with E-state index in [1.165, 1.54) is 18.4 Å². The van der Waals surface area contributed by atoms with Gasteiger partial charge in [0, 0.05) is 0 Å². The Labute approximate surface area is 148 Å². The summed E-state index contributed by atoms with van der Waals surface area (Å²) in [4.78, 5) is 24.4. The molecule has 0 unspecified atom stereocenters. The normalized spacial score (nSPS) is 10.1. The molecule has 0 aliphatic rings. The highest BCUT2D eigenvalue weighted by Gasteiger charge is 2.18. The predicted octanol–water partition coefficient (Wildman–Crippen LogP) is 4.58. The number of carbonyl (C=O) groups excluding carboxylic acids is 2. The number of hydrogen-bond acceptors (Lipinski definition) is 5. The summed E-state index contributed by atoms with van der Waals surface area (Å²) in [6, 6.07) is 17.7. The minimum Gasteiger partial charge on any atom is -0.465 e. The molecule has 0 radical (unpaired) electrons. The number of methoxy groups -OCH3 is 1. The van der Waals surface area contributed by atoms with Crippen LogP contribution in [0.1, 0.15) is 20.7 Å². The fourth-order valence-corrected chi connectivity index (χ4v) is 2.98. The lowest BCUT2D eigenvalue weighted by Crippen LogP contribution is -2.14. The number of nitrogens with one attached hydrogen (secondary N) is 1. The second kappa shape index (κ2) is 7.63. The summed E-state index contributed by atoms with van der Waals surface area (Å²) in [7, 11) is 1.30. The molecule has 2 aromatic carbocycles. The van der Waals surface area contributed by atoms with Gasteiger partial charge >= 0.3 is 5.97 Å². The Morgan fingerprint density at radius 2 is 1.64 bits per heavy atom. The lowest BCUT2D eigenvalue weighted by molar-refractivity contribution is 0.0602. The molecule has 6 heteroatoms. The van der Waals surface area contributed by atoms with E-state index in [1.807, 2.05) is 30.3 Å². The van der Waals surface area contributed by atoms with Crippen LogP contribution in [0.5, 0.6) is 11.5 Å². The molecule has 25 heavy (non-hydrogen) atoms. The van der Waals surface area contributed by atoms with Crippen LogP contribution in [0.25, 0.3) is 0 Å². The maximum Gasteiger partial charge on any atom is 0.340 e. The van der Waals surface area contributed by atoms with Crippen molar-refractivity contribution in [3.05, 3.63) is 77.2 Å². The number of amides is 1. The molecule has 126 valence electrons. The number of ether oxygens (including phenoxy) is 2. The molecule has 1 N–H and O–H groups in total. The third-order valence-corrected chi connectivity index (χ3v) is 4.23. The van der Waals surface area contributed by atoms with E-state index in [2.05, 4.69) is 5.32 Å². The first-order valence-electron chi connectivity index (χ1n) is 7.48. The van der Waals surface area contributed by atoms with Crippen LogP contribution >= 0.6 is 11.3 Å². The summed E-state index contributed by atoms with van der Waals surface area (Å²) >= 11 is 1.25. The Hall–Kier alpha value is -3.12. The van der Waals surface area contributed by atoms with Crippen molar-refractivity contribution in [1.82, 2.24) is 0 Å². The van der Waals surface area contributed by atoms with Gasteiger partial charge in [-0.3, -0.25) is 4.79 Å². The van der Waals surface area contributed by atoms with Crippen LogP contribution < -0.4 is 10.1 Å². The molecule has 0 saturated heterocycles. The summed E-state index contributed by atoms with van der Waals surface area (Å²) in [6.07, 6.45) is 0. The third kappa shape index (κ3) is 3.87. The van der Waals surface area contributed by atoms with Crippen LogP contribution in [0.4, 0.5) is 5.00 Å². The van der Waals surface area contributed by atoms with E-state index in [4.69, 9.17) is 9.47 Å². The van der Waals surface area contributed by atoms with Gasteiger partial charge in [0.15, 0.2) is 0 Å². The molecule has 0 aliphatic heterocycles. The molecule has 1 aromatic heterocycles. The zero-order valence-electron chi connectivity index (χ0n) is 13.4. The highest BCUT2D eigenvalue weighted by Crippen LogP contribution is 2.28. The smallest absolute Gasteiger partial charge is 0.340 e. The Balaban J connectivity index is 1.84. The van der Waals surface area contributed by atoms with Crippen molar-refractivity contribution in [1.29, 1.82) is 0 Å². The van der Waals surface area contributed by atoms with Gasteiger partial charge in [0.25, 0.3) is 5.91 Å². The van der Waals surface area contributed by atoms with Crippen molar-refractivity contribution in [2.45, 2.75) is 0 Å². The van der Waals surface area contributed by atoms with Gasteiger partial charge in [-0.05, 0) is 35.7 Å². The number of hydrogen-bond donors (Lipinski definition) is 1. The number of thiophene rings is 1. The SMILES string of the molecule is COC(=O)c1ccsc1NC(=O)c1ccccc1Oc1ccccc1. The van der Waals surface area contributed by atoms with E-state index in [0.717, 1.165) is 0 Å². The zero-order valence-corrected chi connectivity index (χ0v) is 14.2. The molecule has 0 saturated carbocycles. The molecule has 3 rings (SSSR count). The van der Waals surface area contributed by atoms with Crippen LogP contribution in [0.3, 0.4) is 0 Å². The number of esters is 1. The van der Waals surface area contributed by atoms with Crippen molar-refractivity contribution < 1.29 is 19.1 Å². The number of anilines is 1. The molecule has 0 spiro atoms. The monoisotopic (exact) mass is 353 g/mol. The first-order valence-corrected chi connectivity index (χ1v) is 8.36. The lowest BCUT2D eigenvalue weighted by Gasteiger charge is -2.11.